The van der Waals surface area contributed by atoms with Gasteiger partial charge in [0.05, 0.1) is 6.33 Å². The molecule has 0 atom stereocenters. The molecule has 2 heterocycles. The van der Waals surface area contributed by atoms with Gasteiger partial charge in [0.25, 0.3) is 0 Å². The maximum absolute atomic E-state index is 5.69. The Balaban J connectivity index is 2.04. The second-order valence-electron chi connectivity index (χ2n) is 5.38. The van der Waals surface area contributed by atoms with Gasteiger partial charge in [-0.25, -0.2) is 4.98 Å². The fraction of sp³-hybridized carbons (Fsp3) is 0.615. The summed E-state index contributed by atoms with van der Waals surface area (Å²) in [6, 6.07) is 1.03. The lowest BCUT2D eigenvalue weighted by molar-refractivity contribution is 0.182. The van der Waals surface area contributed by atoms with E-state index in [1.54, 1.807) is 6.33 Å². The summed E-state index contributed by atoms with van der Waals surface area (Å²) in [6.07, 6.45) is 1.60. The molecule has 20 heavy (non-hydrogen) atoms. The summed E-state index contributed by atoms with van der Waals surface area (Å²) in [6.45, 7) is 10.5. The third-order valence-electron chi connectivity index (χ3n) is 3.29. The summed E-state index contributed by atoms with van der Waals surface area (Å²) in [5.74, 6) is 0.939. The first-order chi connectivity index (χ1) is 9.49. The maximum Gasteiger partial charge on any atom is 0.224 e. The van der Waals surface area contributed by atoms with E-state index in [-0.39, 0.29) is 5.95 Å². The molecule has 4 N–H and O–H groups in total. The number of imidazole rings is 1. The van der Waals surface area contributed by atoms with Gasteiger partial charge in [0, 0.05) is 25.2 Å². The van der Waals surface area contributed by atoms with Gasteiger partial charge >= 0.3 is 0 Å². The van der Waals surface area contributed by atoms with Gasteiger partial charge in [-0.2, -0.15) is 9.97 Å². The molecule has 2 rings (SSSR count). The molecule has 0 bridgehead atoms. The van der Waals surface area contributed by atoms with Gasteiger partial charge in [-0.05, 0) is 27.7 Å². The Morgan fingerprint density at radius 2 is 1.95 bits per heavy atom. The van der Waals surface area contributed by atoms with Gasteiger partial charge < -0.3 is 16.0 Å². The van der Waals surface area contributed by atoms with Crippen molar-refractivity contribution in [2.45, 2.75) is 39.8 Å². The zero-order valence-corrected chi connectivity index (χ0v) is 12.5. The normalized spacial score (nSPS) is 11.9. The predicted molar refractivity (Wildman–Crippen MR) is 81.6 cm³/mol. The first-order valence-electron chi connectivity index (χ1n) is 6.95. The lowest BCUT2D eigenvalue weighted by Crippen LogP contribution is -2.40. The van der Waals surface area contributed by atoms with Crippen LogP contribution < -0.4 is 11.1 Å². The standard InChI is InChI=1S/C13H23N7/c1-8(2)20(9(3)4)6-5-15-11-10-12(17-7-16-10)19-13(14)18-11/h7-9H,5-6H2,1-4H3,(H4,14,15,16,17,18,19). The van der Waals surface area contributed by atoms with Crippen molar-refractivity contribution >= 4 is 22.9 Å². The van der Waals surface area contributed by atoms with Crippen LogP contribution in [0.25, 0.3) is 11.2 Å². The molecule has 0 unspecified atom stereocenters. The van der Waals surface area contributed by atoms with Crippen molar-refractivity contribution < 1.29 is 0 Å². The van der Waals surface area contributed by atoms with Crippen molar-refractivity contribution in [1.29, 1.82) is 0 Å². The Kier molecular flexibility index (Phi) is 4.39. The van der Waals surface area contributed by atoms with E-state index in [9.17, 15) is 0 Å². The number of hydrogen-bond acceptors (Lipinski definition) is 6. The van der Waals surface area contributed by atoms with E-state index in [0.717, 1.165) is 18.6 Å². The number of nitrogens with two attached hydrogens (primary N) is 1. The van der Waals surface area contributed by atoms with E-state index in [2.05, 4.69) is 57.8 Å². The van der Waals surface area contributed by atoms with Crippen LogP contribution >= 0.6 is 0 Å². The average Bonchev–Trinajstić information content (AvgIpc) is 2.81. The van der Waals surface area contributed by atoms with E-state index in [4.69, 9.17) is 5.73 Å². The summed E-state index contributed by atoms with van der Waals surface area (Å²) in [7, 11) is 0. The highest BCUT2D eigenvalue weighted by Crippen LogP contribution is 2.17. The van der Waals surface area contributed by atoms with Crippen LogP contribution in [0, 0.1) is 0 Å². The molecule has 0 radical (unpaired) electrons. The second-order valence-corrected chi connectivity index (χ2v) is 5.38. The predicted octanol–water partition coefficient (Wildman–Crippen LogP) is 1.47. The van der Waals surface area contributed by atoms with Gasteiger partial charge in [-0.1, -0.05) is 0 Å². The van der Waals surface area contributed by atoms with Crippen molar-refractivity contribution in [3.05, 3.63) is 6.33 Å². The van der Waals surface area contributed by atoms with Crippen molar-refractivity contribution in [1.82, 2.24) is 24.8 Å². The third kappa shape index (κ3) is 3.16. The minimum absolute atomic E-state index is 0.233. The quantitative estimate of drug-likeness (QED) is 0.740. The van der Waals surface area contributed by atoms with E-state index < -0.39 is 0 Å². The molecule has 0 aliphatic rings. The molecule has 0 saturated heterocycles. The summed E-state index contributed by atoms with van der Waals surface area (Å²) in [4.78, 5) is 17.8. The number of aromatic amines is 1. The van der Waals surface area contributed by atoms with Crippen LogP contribution in [-0.4, -0.2) is 50.0 Å². The van der Waals surface area contributed by atoms with Gasteiger partial charge in [-0.15, -0.1) is 0 Å². The summed E-state index contributed by atoms with van der Waals surface area (Å²) in [5.41, 5.74) is 7.06. The summed E-state index contributed by atoms with van der Waals surface area (Å²) < 4.78 is 0. The number of H-pyrrole nitrogens is 1. The Labute approximate surface area is 119 Å². The molecule has 0 amide bonds. The minimum atomic E-state index is 0.233. The molecular weight excluding hydrogens is 254 g/mol. The van der Waals surface area contributed by atoms with E-state index in [1.807, 2.05) is 0 Å². The minimum Gasteiger partial charge on any atom is -0.368 e. The van der Waals surface area contributed by atoms with Gasteiger partial charge in [0.15, 0.2) is 11.5 Å². The van der Waals surface area contributed by atoms with Gasteiger partial charge in [-0.3, -0.25) is 4.90 Å². The van der Waals surface area contributed by atoms with E-state index >= 15 is 0 Å². The lowest BCUT2D eigenvalue weighted by atomic mass is 10.2. The Hall–Kier alpha value is -1.89. The molecule has 110 valence electrons. The van der Waals surface area contributed by atoms with Crippen LogP contribution in [0.5, 0.6) is 0 Å². The first kappa shape index (κ1) is 14.5. The van der Waals surface area contributed by atoms with E-state index in [1.165, 1.54) is 0 Å². The van der Waals surface area contributed by atoms with Crippen LogP contribution in [0.15, 0.2) is 6.33 Å². The number of nitrogens with zero attached hydrogens (tertiary/aromatic N) is 4. The molecule has 0 fully saturated rings. The average molecular weight is 277 g/mol. The monoisotopic (exact) mass is 277 g/mol. The highest BCUT2D eigenvalue weighted by atomic mass is 15.2. The molecule has 7 heteroatoms. The topological polar surface area (TPSA) is 95.8 Å². The fourth-order valence-electron chi connectivity index (χ4n) is 2.39. The van der Waals surface area contributed by atoms with Crippen molar-refractivity contribution in [2.75, 3.05) is 24.1 Å². The number of nitrogen functional groups attached to an aromatic ring is 1. The Morgan fingerprint density at radius 1 is 1.25 bits per heavy atom. The van der Waals surface area contributed by atoms with Gasteiger partial charge in [0.1, 0.15) is 5.52 Å². The molecule has 7 nitrogen and oxygen atoms in total. The maximum atomic E-state index is 5.69. The van der Waals surface area contributed by atoms with E-state index in [0.29, 0.717) is 23.5 Å². The number of hydrogen-bond donors (Lipinski definition) is 3. The highest BCUT2D eigenvalue weighted by Gasteiger charge is 2.13. The largest absolute Gasteiger partial charge is 0.368 e. The fourth-order valence-corrected chi connectivity index (χ4v) is 2.39. The number of anilines is 2. The Morgan fingerprint density at radius 3 is 2.60 bits per heavy atom. The van der Waals surface area contributed by atoms with Crippen LogP contribution in [0.4, 0.5) is 11.8 Å². The van der Waals surface area contributed by atoms with Crippen LogP contribution in [-0.2, 0) is 0 Å². The van der Waals surface area contributed by atoms with Crippen molar-refractivity contribution in [3.8, 4) is 0 Å². The summed E-state index contributed by atoms with van der Waals surface area (Å²) >= 11 is 0. The van der Waals surface area contributed by atoms with Crippen LogP contribution in [0.2, 0.25) is 0 Å². The zero-order valence-electron chi connectivity index (χ0n) is 12.5. The number of aromatic nitrogens is 4. The molecule has 0 spiro atoms. The number of fused-ring (bicyclic) bond motifs is 1. The van der Waals surface area contributed by atoms with Crippen molar-refractivity contribution in [3.63, 3.8) is 0 Å². The molecule has 0 aromatic carbocycles. The SMILES string of the molecule is CC(C)N(CCNc1nc(N)nc2nc[nH]c12)C(C)C. The smallest absolute Gasteiger partial charge is 0.224 e. The molecule has 0 aliphatic carbocycles. The molecule has 0 aliphatic heterocycles. The van der Waals surface area contributed by atoms with Crippen LogP contribution in [0.3, 0.4) is 0 Å². The van der Waals surface area contributed by atoms with Crippen molar-refractivity contribution in [2.24, 2.45) is 0 Å². The number of nitrogens with one attached hydrogen (secondary N) is 2. The highest BCUT2D eigenvalue weighted by molar-refractivity contribution is 5.83. The van der Waals surface area contributed by atoms with Gasteiger partial charge in [0.2, 0.25) is 5.95 Å². The van der Waals surface area contributed by atoms with Crippen LogP contribution in [0.1, 0.15) is 27.7 Å². The third-order valence-corrected chi connectivity index (χ3v) is 3.29. The zero-order chi connectivity index (χ0) is 14.7. The molecule has 2 aromatic heterocycles. The first-order valence-corrected chi connectivity index (χ1v) is 6.95. The molecule has 2 aromatic rings. The number of rotatable bonds is 6. The second kappa shape index (κ2) is 6.04. The lowest BCUT2D eigenvalue weighted by Gasteiger charge is -2.30. The molecular formula is C13H23N7. The Bertz CT molecular complexity index is 553. The molecule has 0 saturated carbocycles. The summed E-state index contributed by atoms with van der Waals surface area (Å²) in [5, 5.41) is 3.31.